The summed E-state index contributed by atoms with van der Waals surface area (Å²) in [5, 5.41) is 8.32. The fourth-order valence-corrected chi connectivity index (χ4v) is 1.01. The Morgan fingerprint density at radius 3 is 2.85 bits per heavy atom. The molecule has 0 spiro atoms. The van der Waals surface area contributed by atoms with Gasteiger partial charge in [-0.2, -0.15) is 0 Å². The molecule has 0 rings (SSSR count). The molecule has 0 aliphatic rings. The molecule has 0 fully saturated rings. The van der Waals surface area contributed by atoms with E-state index in [1.54, 1.807) is 0 Å². The molecule has 1 N–H and O–H groups in total. The van der Waals surface area contributed by atoms with Crippen molar-refractivity contribution in [2.45, 2.75) is 24.6 Å². The van der Waals surface area contributed by atoms with E-state index in [9.17, 15) is 4.79 Å². The van der Waals surface area contributed by atoms with Crippen LogP contribution in [0.5, 0.6) is 0 Å². The SMILES string of the molecule is C=CC(=O)OCC(Cl)CCCCO. The molecule has 4 heteroatoms. The molecule has 0 saturated carbocycles. The highest BCUT2D eigenvalue weighted by atomic mass is 35.5. The maximum absolute atomic E-state index is 10.6. The van der Waals surface area contributed by atoms with Gasteiger partial charge in [-0.3, -0.25) is 0 Å². The van der Waals surface area contributed by atoms with Crippen molar-refractivity contribution in [3.8, 4) is 0 Å². The molecule has 0 bridgehead atoms. The summed E-state index contributed by atoms with van der Waals surface area (Å²) < 4.78 is 4.73. The molecule has 13 heavy (non-hydrogen) atoms. The fourth-order valence-electron chi connectivity index (χ4n) is 0.792. The number of carbonyl (C=O) groups excluding carboxylic acids is 1. The topological polar surface area (TPSA) is 46.5 Å². The number of rotatable bonds is 7. The molecule has 0 radical (unpaired) electrons. The van der Waals surface area contributed by atoms with E-state index in [4.69, 9.17) is 21.4 Å². The number of carbonyl (C=O) groups is 1. The maximum Gasteiger partial charge on any atom is 0.330 e. The van der Waals surface area contributed by atoms with E-state index in [-0.39, 0.29) is 18.6 Å². The summed E-state index contributed by atoms with van der Waals surface area (Å²) in [6.45, 7) is 3.65. The van der Waals surface area contributed by atoms with Crippen LogP contribution >= 0.6 is 11.6 Å². The smallest absolute Gasteiger partial charge is 0.330 e. The van der Waals surface area contributed by atoms with Crippen LogP contribution in [0.4, 0.5) is 0 Å². The number of esters is 1. The summed E-state index contributed by atoms with van der Waals surface area (Å²) in [5.74, 6) is -0.451. The highest BCUT2D eigenvalue weighted by Crippen LogP contribution is 2.07. The molecule has 0 saturated heterocycles. The van der Waals surface area contributed by atoms with Gasteiger partial charge in [0.1, 0.15) is 6.61 Å². The van der Waals surface area contributed by atoms with E-state index >= 15 is 0 Å². The molecule has 0 aromatic heterocycles. The van der Waals surface area contributed by atoms with Crippen molar-refractivity contribution in [3.63, 3.8) is 0 Å². The number of ether oxygens (including phenoxy) is 1. The van der Waals surface area contributed by atoms with Crippen molar-refractivity contribution in [2.24, 2.45) is 0 Å². The minimum atomic E-state index is -0.451. The Balaban J connectivity index is 3.34. The molecule has 0 heterocycles. The second-order valence-corrected chi connectivity index (χ2v) is 3.27. The first kappa shape index (κ1) is 12.5. The molecular formula is C9H15ClO3. The van der Waals surface area contributed by atoms with Crippen LogP contribution in [-0.4, -0.2) is 29.7 Å². The zero-order valence-electron chi connectivity index (χ0n) is 7.54. The summed E-state index contributed by atoms with van der Waals surface area (Å²) in [6.07, 6.45) is 3.43. The Labute approximate surface area is 83.3 Å². The molecule has 0 amide bonds. The average Bonchev–Trinajstić information content (AvgIpc) is 2.14. The number of hydrogen-bond donors (Lipinski definition) is 1. The van der Waals surface area contributed by atoms with Crippen LogP contribution in [0.3, 0.4) is 0 Å². The van der Waals surface area contributed by atoms with Crippen molar-refractivity contribution in [2.75, 3.05) is 13.2 Å². The zero-order chi connectivity index (χ0) is 10.1. The summed E-state index contributed by atoms with van der Waals surface area (Å²) >= 11 is 5.82. The standard InChI is InChI=1S/C9H15ClO3/c1-2-9(12)13-7-8(10)5-3-4-6-11/h2,8,11H,1,3-7H2. The minimum Gasteiger partial charge on any atom is -0.461 e. The number of unbranched alkanes of at least 4 members (excludes halogenated alkanes) is 1. The zero-order valence-corrected chi connectivity index (χ0v) is 8.29. The predicted molar refractivity (Wildman–Crippen MR) is 51.7 cm³/mol. The highest BCUT2D eigenvalue weighted by molar-refractivity contribution is 6.20. The Kier molecular flexibility index (Phi) is 7.74. The highest BCUT2D eigenvalue weighted by Gasteiger charge is 2.06. The summed E-state index contributed by atoms with van der Waals surface area (Å²) in [5.41, 5.74) is 0. The van der Waals surface area contributed by atoms with Crippen LogP contribution in [0.15, 0.2) is 12.7 Å². The number of aliphatic hydroxyl groups excluding tert-OH is 1. The van der Waals surface area contributed by atoms with Gasteiger partial charge in [-0.05, 0) is 19.3 Å². The molecule has 0 aliphatic heterocycles. The first-order valence-electron chi connectivity index (χ1n) is 4.24. The molecule has 1 atom stereocenters. The molecule has 76 valence electrons. The van der Waals surface area contributed by atoms with Crippen LogP contribution in [0.1, 0.15) is 19.3 Å². The minimum absolute atomic E-state index is 0.171. The van der Waals surface area contributed by atoms with Crippen molar-refractivity contribution < 1.29 is 14.6 Å². The van der Waals surface area contributed by atoms with Gasteiger partial charge in [0.05, 0.1) is 5.38 Å². The first-order chi connectivity index (χ1) is 6.20. The Morgan fingerprint density at radius 1 is 1.62 bits per heavy atom. The third kappa shape index (κ3) is 7.81. The molecule has 3 nitrogen and oxygen atoms in total. The lowest BCUT2D eigenvalue weighted by molar-refractivity contribution is -0.137. The van der Waals surface area contributed by atoms with Gasteiger partial charge in [0.25, 0.3) is 0 Å². The monoisotopic (exact) mass is 206 g/mol. The maximum atomic E-state index is 10.6. The predicted octanol–water partition coefficient (Wildman–Crippen LogP) is 1.49. The van der Waals surface area contributed by atoms with Crippen LogP contribution in [-0.2, 0) is 9.53 Å². The summed E-state index contributed by atoms with van der Waals surface area (Å²) in [6, 6.07) is 0. The number of aliphatic hydroxyl groups is 1. The van der Waals surface area contributed by atoms with Gasteiger partial charge in [0, 0.05) is 12.7 Å². The molecule has 0 aromatic rings. The Bertz CT molecular complexity index is 159. The van der Waals surface area contributed by atoms with E-state index < -0.39 is 5.97 Å². The number of halogens is 1. The van der Waals surface area contributed by atoms with Gasteiger partial charge in [0.15, 0.2) is 0 Å². The van der Waals surface area contributed by atoms with E-state index in [2.05, 4.69) is 6.58 Å². The lowest BCUT2D eigenvalue weighted by Crippen LogP contribution is -2.12. The van der Waals surface area contributed by atoms with Gasteiger partial charge in [-0.15, -0.1) is 11.6 Å². The largest absolute Gasteiger partial charge is 0.461 e. The van der Waals surface area contributed by atoms with Gasteiger partial charge >= 0.3 is 5.97 Å². The van der Waals surface area contributed by atoms with E-state index in [0.717, 1.165) is 25.3 Å². The summed E-state index contributed by atoms with van der Waals surface area (Å²) in [4.78, 5) is 10.6. The van der Waals surface area contributed by atoms with Crippen molar-refractivity contribution >= 4 is 17.6 Å². The Hall–Kier alpha value is -0.540. The lowest BCUT2D eigenvalue weighted by Gasteiger charge is -2.08. The van der Waals surface area contributed by atoms with Gasteiger partial charge in [-0.25, -0.2) is 4.79 Å². The van der Waals surface area contributed by atoms with Gasteiger partial charge in [0.2, 0.25) is 0 Å². The average molecular weight is 207 g/mol. The van der Waals surface area contributed by atoms with Crippen LogP contribution in [0, 0.1) is 0 Å². The molecule has 1 unspecified atom stereocenters. The number of hydrogen-bond acceptors (Lipinski definition) is 3. The van der Waals surface area contributed by atoms with Crippen LogP contribution < -0.4 is 0 Å². The number of alkyl halides is 1. The van der Waals surface area contributed by atoms with Crippen molar-refractivity contribution in [1.29, 1.82) is 0 Å². The first-order valence-corrected chi connectivity index (χ1v) is 4.68. The molecular weight excluding hydrogens is 192 g/mol. The van der Waals surface area contributed by atoms with Crippen LogP contribution in [0.2, 0.25) is 0 Å². The Morgan fingerprint density at radius 2 is 2.31 bits per heavy atom. The summed E-state index contributed by atoms with van der Waals surface area (Å²) in [7, 11) is 0. The van der Waals surface area contributed by atoms with Crippen molar-refractivity contribution in [3.05, 3.63) is 12.7 Å². The van der Waals surface area contributed by atoms with E-state index in [0.29, 0.717) is 0 Å². The van der Waals surface area contributed by atoms with E-state index in [1.165, 1.54) is 0 Å². The second kappa shape index (κ2) is 8.08. The molecule has 0 aliphatic carbocycles. The fraction of sp³-hybridized carbons (Fsp3) is 0.667. The van der Waals surface area contributed by atoms with Crippen molar-refractivity contribution in [1.82, 2.24) is 0 Å². The molecule has 0 aromatic carbocycles. The quantitative estimate of drug-likeness (QED) is 0.297. The lowest BCUT2D eigenvalue weighted by atomic mass is 10.2. The third-order valence-corrected chi connectivity index (χ3v) is 1.84. The van der Waals surface area contributed by atoms with Gasteiger partial charge in [-0.1, -0.05) is 6.58 Å². The second-order valence-electron chi connectivity index (χ2n) is 2.65. The van der Waals surface area contributed by atoms with Gasteiger partial charge < -0.3 is 9.84 Å². The normalized spacial score (nSPS) is 12.2. The van der Waals surface area contributed by atoms with Crippen LogP contribution in [0.25, 0.3) is 0 Å². The van der Waals surface area contributed by atoms with E-state index in [1.807, 2.05) is 0 Å². The third-order valence-electron chi connectivity index (χ3n) is 1.50.